The maximum atomic E-state index is 11.3. The summed E-state index contributed by atoms with van der Waals surface area (Å²) in [5.74, 6) is 6.88. The van der Waals surface area contributed by atoms with Crippen LogP contribution in [0.1, 0.15) is 200 Å². The minimum Gasteiger partial charge on any atom is -1.00 e. The van der Waals surface area contributed by atoms with Gasteiger partial charge >= 0.3 is 312 Å². The summed E-state index contributed by atoms with van der Waals surface area (Å²) in [6, 6.07) is 0. The van der Waals surface area contributed by atoms with Crippen LogP contribution >= 0.6 is 65.8 Å². The summed E-state index contributed by atoms with van der Waals surface area (Å²) in [4.78, 5) is 40.1. The molecule has 6 radical (unpaired) electrons. The van der Waals surface area contributed by atoms with Crippen LogP contribution in [-0.2, 0) is 38.4 Å². The number of allylic oxidation sites excluding steroid dienone is 3. The molecule has 4 N–H and O–H groups in total. The van der Waals surface area contributed by atoms with Gasteiger partial charge in [-0.1, -0.05) is 135 Å². The van der Waals surface area contributed by atoms with Crippen molar-refractivity contribution in [3.8, 4) is 36.5 Å². The SMILES string of the molecule is Br.Br.C#CC.C#CC(C)(C)O.C/C(F)=C(/C)F.CC.CC.CC.CC.CC.CC.CC#CC.CC(F)=C(F)F.CC=O.CC=O.CCBr.CCBr.CCO.CCO.CCOC.CCOC.FC(F)=C(F)F.O=CO[O-].O=CO[O-].[B].[B].[H-].[H-].[H-].[H-].[K+].[K+].[K+].[K+].[Na+].[Na+].[Na+].[OH-]. The third-order valence-corrected chi connectivity index (χ3v) is 2.14. The predicted octanol–water partition coefficient (Wildman–Crippen LogP) is -4.45. The second-order valence-corrected chi connectivity index (χ2v) is 10.3. The van der Waals surface area contributed by atoms with E-state index in [1.807, 2.05) is 125 Å². The molecule has 0 rings (SSSR count). The number of hydrogen-bond donors (Lipinski definition) is 3. The molecule has 14 nitrogen and oxygen atoms in total. The summed E-state index contributed by atoms with van der Waals surface area (Å²) in [5, 5.41) is 42.7. The van der Waals surface area contributed by atoms with Crippen molar-refractivity contribution in [2.24, 2.45) is 0 Å². The molecule has 0 aromatic carbocycles. The number of ether oxygens (including phenoxy) is 2. The minimum absolute atomic E-state index is 0. The fourth-order valence-corrected chi connectivity index (χ4v) is 0. The van der Waals surface area contributed by atoms with Crippen LogP contribution in [0, 0.1) is 36.5 Å². The largest absolute Gasteiger partial charge is 1.00 e. The monoisotopic (exact) mass is 1710 g/mol. The fourth-order valence-electron chi connectivity index (χ4n) is 0. The molecule has 0 atom stereocenters. The molecule has 0 aromatic rings. The number of halogens is 13. The molecule has 0 bridgehead atoms. The Kier molecular flexibility index (Phi) is 887. The number of carbonyl (C=O) groups excluding carboxylic acids is 4. The van der Waals surface area contributed by atoms with E-state index >= 15 is 0 Å². The molecule has 0 aliphatic carbocycles. The molecule has 0 aliphatic rings. The van der Waals surface area contributed by atoms with Gasteiger partial charge < -0.3 is 65.9 Å². The standard InChI is InChI=1S/C5H8O.C4H6F2.C4H6.C3H3F3.2C3H8O.C3H4.2C2H5Br.C2F4.2C2H6O.2C2H4O.6C2H6.2CH2O3.2B.2BrH.4K.3Na.H2O.4H/c1-4-5(2,3)6;1-3(5)4(2)6;1-3-4-2;1-2(4)3(5)6;2*1-3-4-2;1-3-2;2*1-2-3;3-1(4)2(5)6;4*1-2-3;6*1-2;2*2-1-4-3;;;;;;;;;;;;;;;;/h1,6H,2-3H3;1-2H3;1-2H3;1H3;2*3H2,1-2H3;1H,2H3;2*2H2,1H3;;2*3H,2H2,1H3;2*2H,1H3;6*1-2H3;2*1,3H;;;2*1H;;;;;;;;1H2;;;;/q;;;;;;;;;;;;;;;;;;;;;;;;;;7*+1;;4*-1/p-3/b;4-3+;;;;;;;;;;;;;;;;;;;;;;;;;;;;;;;;;;;;. The Morgan fingerprint density at radius 1 is 0.517 bits per heavy atom. The van der Waals surface area contributed by atoms with E-state index in [-0.39, 0.29) is 382 Å². The third-order valence-electron chi connectivity index (χ3n) is 2.14. The van der Waals surface area contributed by atoms with E-state index in [1.165, 1.54) is 13.8 Å². The van der Waals surface area contributed by atoms with Gasteiger partial charge in [0.25, 0.3) is 12.9 Å². The van der Waals surface area contributed by atoms with Crippen LogP contribution in [0.25, 0.3) is 0 Å². The Balaban J connectivity index is -0.00000000947. The molecule has 0 heterocycles. The first-order valence-electron chi connectivity index (χ1n) is 23.5. The molecule has 0 aliphatic heterocycles. The van der Waals surface area contributed by atoms with Gasteiger partial charge in [0, 0.05) is 68.1 Å². The molecule has 0 saturated heterocycles. The Morgan fingerprint density at radius 2 is 0.596 bits per heavy atom. The summed E-state index contributed by atoms with van der Waals surface area (Å²) in [5.41, 5.74) is -0.931. The molecule has 0 amide bonds. The van der Waals surface area contributed by atoms with Crippen LogP contribution < -0.4 is 305 Å². The maximum absolute atomic E-state index is 11.3. The quantitative estimate of drug-likeness (QED) is 0.0458. The zero-order valence-corrected chi connectivity index (χ0v) is 87.3. The Labute approximate surface area is 824 Å². The first kappa shape index (κ1) is 225. The maximum Gasteiger partial charge on any atom is 1.00 e. The summed E-state index contributed by atoms with van der Waals surface area (Å²) < 4.78 is 105. The van der Waals surface area contributed by atoms with Crippen molar-refractivity contribution in [2.75, 3.05) is 51.3 Å². The van der Waals surface area contributed by atoms with Gasteiger partial charge in [0.15, 0.2) is 5.83 Å². The van der Waals surface area contributed by atoms with Gasteiger partial charge in [-0.2, -0.15) is 26.3 Å². The van der Waals surface area contributed by atoms with Crippen molar-refractivity contribution in [1.29, 1.82) is 0 Å². The average Bonchev–Trinajstić information content (AvgIpc) is 3.42. The summed E-state index contributed by atoms with van der Waals surface area (Å²) in [7, 11) is 3.36. The fraction of sp³-hybridized carbons (Fsp3) is 0.698. The molecule has 89 heavy (non-hydrogen) atoms. The molecule has 0 aromatic heterocycles. The Hall–Kier alpha value is 6.83. The Morgan fingerprint density at radius 3 is 0.596 bits per heavy atom. The molecule has 0 unspecified atom stereocenters. The van der Waals surface area contributed by atoms with Crippen LogP contribution in [0.2, 0.25) is 0 Å². The molecular formula is C53H118B2Br4F9K4Na3O14. The molecule has 518 valence electrons. The van der Waals surface area contributed by atoms with Gasteiger partial charge in [0.05, 0.1) is 0 Å². The van der Waals surface area contributed by atoms with E-state index in [9.17, 15) is 39.5 Å². The van der Waals surface area contributed by atoms with E-state index in [0.717, 1.165) is 50.3 Å². The van der Waals surface area contributed by atoms with Crippen LogP contribution in [-0.4, -0.2) is 120 Å². The number of rotatable bonds is 4. The van der Waals surface area contributed by atoms with Gasteiger partial charge in [-0.15, -0.1) is 64.6 Å². The van der Waals surface area contributed by atoms with Crippen LogP contribution in [0.15, 0.2) is 35.7 Å². The number of aldehydes is 2. The van der Waals surface area contributed by atoms with E-state index in [0.29, 0.717) is 6.92 Å². The van der Waals surface area contributed by atoms with E-state index in [1.54, 1.807) is 48.8 Å². The van der Waals surface area contributed by atoms with E-state index in [2.05, 4.69) is 81.2 Å². The van der Waals surface area contributed by atoms with Gasteiger partial charge in [-0.05, 0) is 96.9 Å². The summed E-state index contributed by atoms with van der Waals surface area (Å²) in [6.07, 6.45) is 2.85. The first-order valence-corrected chi connectivity index (χ1v) is 25.7. The number of methoxy groups -OCH3 is 2. The number of carbonyl (C=O) groups is 4. The van der Waals surface area contributed by atoms with E-state index < -0.39 is 41.3 Å². The first-order chi connectivity index (χ1) is 36.0. The number of terminal acetylenes is 2. The molecule has 0 fully saturated rings. The zero-order valence-electron chi connectivity index (χ0n) is 66.2. The summed E-state index contributed by atoms with van der Waals surface area (Å²) in [6.45, 7) is 51.3. The average molecular weight is 1720 g/mol. The van der Waals surface area contributed by atoms with Crippen molar-refractivity contribution in [1.82, 2.24) is 0 Å². The van der Waals surface area contributed by atoms with Crippen LogP contribution in [0.3, 0.4) is 0 Å². The molecule has 36 heteroatoms. The molecule has 0 saturated carbocycles. The van der Waals surface area contributed by atoms with Crippen molar-refractivity contribution in [3.05, 3.63) is 35.7 Å². The topological polar surface area (TPSA) is 242 Å². The number of aliphatic hydroxyl groups excluding tert-OH is 2. The van der Waals surface area contributed by atoms with Crippen molar-refractivity contribution in [2.45, 2.75) is 199 Å². The normalized spacial score (nSPS) is 5.62. The van der Waals surface area contributed by atoms with Gasteiger partial charge in [0.2, 0.25) is 0 Å². The third kappa shape index (κ3) is 1140. The number of aliphatic hydroxyl groups is 3. The van der Waals surface area contributed by atoms with Crippen LogP contribution in [0.5, 0.6) is 0 Å². The number of hydrogen-bond acceptors (Lipinski definition) is 14. The minimum atomic E-state index is -2.91. The van der Waals surface area contributed by atoms with Crippen molar-refractivity contribution >= 4 is 108 Å². The van der Waals surface area contributed by atoms with Gasteiger partial charge in [-0.3, -0.25) is 9.59 Å². The zero-order chi connectivity index (χ0) is 68.7. The smallest absolute Gasteiger partial charge is 1.00 e. The van der Waals surface area contributed by atoms with Crippen LogP contribution in [0.4, 0.5) is 39.5 Å². The van der Waals surface area contributed by atoms with Gasteiger partial charge in [-0.25, -0.2) is 13.2 Å². The van der Waals surface area contributed by atoms with E-state index in [4.69, 9.17) is 51.4 Å². The van der Waals surface area contributed by atoms with Crippen molar-refractivity contribution in [3.63, 3.8) is 0 Å². The second-order valence-electron chi connectivity index (χ2n) is 8.05. The van der Waals surface area contributed by atoms with Crippen molar-refractivity contribution < 1.29 is 409 Å². The second kappa shape index (κ2) is 350. The molecular weight excluding hydrogens is 1600 g/mol. The molecule has 0 spiro atoms. The number of alkyl halides is 2. The van der Waals surface area contributed by atoms with Gasteiger partial charge in [0.1, 0.15) is 29.8 Å². The predicted molar refractivity (Wildman–Crippen MR) is 351 cm³/mol. The Bertz CT molecular complexity index is 1020. The summed E-state index contributed by atoms with van der Waals surface area (Å²) >= 11 is 6.29.